The highest BCUT2D eigenvalue weighted by molar-refractivity contribution is 7.88. The van der Waals surface area contributed by atoms with Crippen molar-refractivity contribution in [1.82, 2.24) is 14.8 Å². The number of hydrogen-bond donors (Lipinski definition) is 3. The summed E-state index contributed by atoms with van der Waals surface area (Å²) in [6.45, 7) is 3.78. The Labute approximate surface area is 89.7 Å². The van der Waals surface area contributed by atoms with Gasteiger partial charge in [0.15, 0.2) is 0 Å². The van der Waals surface area contributed by atoms with Crippen molar-refractivity contribution < 1.29 is 17.9 Å². The minimum atomic E-state index is -3.78. The van der Waals surface area contributed by atoms with E-state index in [4.69, 9.17) is 0 Å². The van der Waals surface area contributed by atoms with Gasteiger partial charge in [-0.15, -0.1) is 0 Å². The zero-order valence-electron chi connectivity index (χ0n) is 8.87. The van der Waals surface area contributed by atoms with Gasteiger partial charge in [0.1, 0.15) is 0 Å². The minimum Gasteiger partial charge on any atom is -0.452 e. The zero-order valence-corrected chi connectivity index (χ0v) is 9.69. The first-order valence-electron chi connectivity index (χ1n) is 4.58. The summed E-state index contributed by atoms with van der Waals surface area (Å²) >= 11 is 0. The number of rotatable bonds is 7. The highest BCUT2D eigenvalue weighted by Crippen LogP contribution is 1.81. The molecule has 90 valence electrons. The molecule has 3 N–H and O–H groups in total. The molecule has 15 heavy (non-hydrogen) atoms. The predicted octanol–water partition coefficient (Wildman–Crippen LogP) is -0.824. The average molecular weight is 239 g/mol. The van der Waals surface area contributed by atoms with E-state index in [1.54, 1.807) is 4.72 Å². The van der Waals surface area contributed by atoms with Crippen molar-refractivity contribution in [2.24, 2.45) is 0 Å². The van der Waals surface area contributed by atoms with Crippen molar-refractivity contribution in [2.45, 2.75) is 13.3 Å². The molecule has 0 aliphatic carbocycles. The van der Waals surface area contributed by atoms with Gasteiger partial charge < -0.3 is 10.1 Å². The molecule has 0 fully saturated rings. The van der Waals surface area contributed by atoms with Crippen LogP contribution in [0.25, 0.3) is 0 Å². The fraction of sp³-hybridized carbons (Fsp3) is 0.857. The standard InChI is InChI=1S/C7H17N3O4S/c1-3-8-5-4-6-9-15(12,13)10-7(11)14-2/h8-9H,3-6H2,1-2H3,(H,10,11). The molecule has 0 aliphatic heterocycles. The van der Waals surface area contributed by atoms with Crippen molar-refractivity contribution in [2.75, 3.05) is 26.7 Å². The summed E-state index contributed by atoms with van der Waals surface area (Å²) in [6.07, 6.45) is -0.357. The Morgan fingerprint density at radius 3 is 2.53 bits per heavy atom. The Balaban J connectivity index is 3.70. The average Bonchev–Trinajstić information content (AvgIpc) is 2.16. The van der Waals surface area contributed by atoms with E-state index in [1.165, 1.54) is 0 Å². The van der Waals surface area contributed by atoms with Gasteiger partial charge in [-0.25, -0.2) is 9.52 Å². The van der Waals surface area contributed by atoms with Gasteiger partial charge in [0.25, 0.3) is 0 Å². The number of hydrogen-bond acceptors (Lipinski definition) is 5. The van der Waals surface area contributed by atoms with E-state index in [0.717, 1.165) is 20.2 Å². The third-order valence-electron chi connectivity index (χ3n) is 1.48. The summed E-state index contributed by atoms with van der Waals surface area (Å²) in [5.41, 5.74) is 0. The monoisotopic (exact) mass is 239 g/mol. The first kappa shape index (κ1) is 14.1. The number of nitrogens with one attached hydrogen (secondary N) is 3. The van der Waals surface area contributed by atoms with Gasteiger partial charge in [-0.1, -0.05) is 6.92 Å². The van der Waals surface area contributed by atoms with Crippen LogP contribution in [0.2, 0.25) is 0 Å². The lowest BCUT2D eigenvalue weighted by molar-refractivity contribution is 0.177. The highest BCUT2D eigenvalue weighted by Gasteiger charge is 2.12. The quantitative estimate of drug-likeness (QED) is 0.504. The molecule has 0 aromatic heterocycles. The van der Waals surface area contributed by atoms with Gasteiger partial charge in [-0.2, -0.15) is 13.1 Å². The molecule has 0 saturated carbocycles. The van der Waals surface area contributed by atoms with Gasteiger partial charge in [-0.3, -0.25) is 0 Å². The molecule has 0 aromatic carbocycles. The molecular weight excluding hydrogens is 222 g/mol. The molecule has 7 nitrogen and oxygen atoms in total. The molecular formula is C7H17N3O4S. The molecule has 0 aliphatic rings. The van der Waals surface area contributed by atoms with Gasteiger partial charge in [0, 0.05) is 6.54 Å². The second kappa shape index (κ2) is 7.43. The fourth-order valence-electron chi connectivity index (χ4n) is 0.784. The Hall–Kier alpha value is -0.860. The van der Waals surface area contributed by atoms with Crippen molar-refractivity contribution in [3.8, 4) is 0 Å². The van der Waals surface area contributed by atoms with E-state index < -0.39 is 16.3 Å². The van der Waals surface area contributed by atoms with Crippen LogP contribution in [-0.2, 0) is 14.9 Å². The Morgan fingerprint density at radius 2 is 2.00 bits per heavy atom. The van der Waals surface area contributed by atoms with Crippen LogP contribution in [0, 0.1) is 0 Å². The maximum absolute atomic E-state index is 11.1. The molecule has 0 bridgehead atoms. The smallest absolute Gasteiger partial charge is 0.421 e. The van der Waals surface area contributed by atoms with E-state index in [1.807, 2.05) is 6.92 Å². The van der Waals surface area contributed by atoms with E-state index >= 15 is 0 Å². The summed E-state index contributed by atoms with van der Waals surface area (Å²) in [5.74, 6) is 0. The molecule has 0 saturated heterocycles. The fourth-order valence-corrected chi connectivity index (χ4v) is 1.57. The van der Waals surface area contributed by atoms with Crippen molar-refractivity contribution in [1.29, 1.82) is 0 Å². The molecule has 0 spiro atoms. The minimum absolute atomic E-state index is 0.263. The molecule has 0 aromatic rings. The first-order chi connectivity index (χ1) is 7.02. The third-order valence-corrected chi connectivity index (χ3v) is 2.50. The zero-order chi connectivity index (χ0) is 11.7. The van der Waals surface area contributed by atoms with Crippen LogP contribution in [0.5, 0.6) is 0 Å². The van der Waals surface area contributed by atoms with E-state index in [9.17, 15) is 13.2 Å². The lowest BCUT2D eigenvalue weighted by Crippen LogP contribution is -2.41. The van der Waals surface area contributed by atoms with Crippen LogP contribution in [0.4, 0.5) is 4.79 Å². The molecule has 0 heterocycles. The summed E-state index contributed by atoms with van der Waals surface area (Å²) in [4.78, 5) is 10.6. The third kappa shape index (κ3) is 8.16. The predicted molar refractivity (Wildman–Crippen MR) is 55.6 cm³/mol. The highest BCUT2D eigenvalue weighted by atomic mass is 32.2. The number of ether oxygens (including phenoxy) is 1. The molecule has 0 rings (SSSR count). The molecule has 0 unspecified atom stereocenters. The Bertz CT molecular complexity index is 278. The normalized spacial score (nSPS) is 11.1. The van der Waals surface area contributed by atoms with Crippen LogP contribution in [0.15, 0.2) is 0 Å². The van der Waals surface area contributed by atoms with Crippen molar-refractivity contribution in [3.63, 3.8) is 0 Å². The van der Waals surface area contributed by atoms with Crippen LogP contribution < -0.4 is 14.8 Å². The van der Waals surface area contributed by atoms with E-state index in [-0.39, 0.29) is 6.54 Å². The maximum atomic E-state index is 11.1. The lowest BCUT2D eigenvalue weighted by Gasteiger charge is -2.07. The summed E-state index contributed by atoms with van der Waals surface area (Å²) < 4.78 is 30.2. The Morgan fingerprint density at radius 1 is 1.33 bits per heavy atom. The Kier molecular flexibility index (Phi) is 7.01. The van der Waals surface area contributed by atoms with Crippen LogP contribution in [0.1, 0.15) is 13.3 Å². The lowest BCUT2D eigenvalue weighted by atomic mass is 10.4. The number of methoxy groups -OCH3 is 1. The topological polar surface area (TPSA) is 96.5 Å². The van der Waals surface area contributed by atoms with Crippen LogP contribution in [-0.4, -0.2) is 41.3 Å². The second-order valence-corrected chi connectivity index (χ2v) is 4.20. The van der Waals surface area contributed by atoms with E-state index in [0.29, 0.717) is 6.42 Å². The van der Waals surface area contributed by atoms with Gasteiger partial charge in [-0.05, 0) is 19.5 Å². The number of carbonyl (C=O) groups excluding carboxylic acids is 1. The van der Waals surface area contributed by atoms with E-state index in [2.05, 4.69) is 14.8 Å². The van der Waals surface area contributed by atoms with Gasteiger partial charge in [0.05, 0.1) is 7.11 Å². The number of carbonyl (C=O) groups is 1. The first-order valence-corrected chi connectivity index (χ1v) is 6.06. The summed E-state index contributed by atoms with van der Waals surface area (Å²) in [6, 6.07) is 0. The van der Waals surface area contributed by atoms with Crippen LogP contribution >= 0.6 is 0 Å². The summed E-state index contributed by atoms with van der Waals surface area (Å²) in [7, 11) is -2.69. The molecule has 0 radical (unpaired) electrons. The van der Waals surface area contributed by atoms with Crippen LogP contribution in [0.3, 0.4) is 0 Å². The largest absolute Gasteiger partial charge is 0.452 e. The molecule has 0 atom stereocenters. The number of amides is 1. The molecule has 8 heteroatoms. The van der Waals surface area contributed by atoms with Crippen molar-refractivity contribution in [3.05, 3.63) is 0 Å². The SMILES string of the molecule is CCNCCCNS(=O)(=O)NC(=O)OC. The van der Waals surface area contributed by atoms with Crippen molar-refractivity contribution >= 4 is 16.3 Å². The second-order valence-electron chi connectivity index (χ2n) is 2.70. The summed E-state index contributed by atoms with van der Waals surface area (Å²) in [5, 5.41) is 3.04. The maximum Gasteiger partial charge on any atom is 0.421 e. The van der Waals surface area contributed by atoms with Gasteiger partial charge in [0.2, 0.25) is 0 Å². The van der Waals surface area contributed by atoms with Gasteiger partial charge >= 0.3 is 16.3 Å². The molecule has 1 amide bonds.